The second kappa shape index (κ2) is 16.4. The van der Waals surface area contributed by atoms with E-state index in [0.29, 0.717) is 34.9 Å². The molecular formula is C39H62N4O4. The molecule has 2 aliphatic carbocycles. The highest BCUT2D eigenvalue weighted by Crippen LogP contribution is 2.52. The summed E-state index contributed by atoms with van der Waals surface area (Å²) >= 11 is 0. The summed E-state index contributed by atoms with van der Waals surface area (Å²) in [6, 6.07) is 6.71. The second-order valence-electron chi connectivity index (χ2n) is 15.4. The molecule has 1 spiro atoms. The Morgan fingerprint density at radius 2 is 1.51 bits per heavy atom. The summed E-state index contributed by atoms with van der Waals surface area (Å²) in [5.41, 5.74) is 0.638. The lowest BCUT2D eigenvalue weighted by Crippen LogP contribution is -2.52. The molecule has 1 aromatic carbocycles. The molecule has 2 N–H and O–H groups in total. The van der Waals surface area contributed by atoms with Crippen LogP contribution in [0, 0.1) is 17.3 Å². The van der Waals surface area contributed by atoms with E-state index in [9.17, 15) is 9.59 Å². The molecule has 262 valence electrons. The van der Waals surface area contributed by atoms with Crippen LogP contribution in [0.25, 0.3) is 0 Å². The van der Waals surface area contributed by atoms with Gasteiger partial charge in [0, 0.05) is 43.7 Å². The lowest BCUT2D eigenvalue weighted by Gasteiger charge is -2.46. The van der Waals surface area contributed by atoms with Gasteiger partial charge in [0.25, 0.3) is 5.91 Å². The fraction of sp³-hybridized carbons (Fsp3) is 0.795. The van der Waals surface area contributed by atoms with Crippen molar-refractivity contribution in [2.24, 2.45) is 17.3 Å². The summed E-state index contributed by atoms with van der Waals surface area (Å²) < 4.78 is 11.0. The molecular weight excluding hydrogens is 588 g/mol. The van der Waals surface area contributed by atoms with Gasteiger partial charge in [-0.1, -0.05) is 70.3 Å². The number of likely N-dealkylation sites (tertiary alicyclic amines) is 2. The lowest BCUT2D eigenvalue weighted by atomic mass is 9.64. The number of ether oxygens (including phenoxy) is 2. The van der Waals surface area contributed by atoms with Crippen LogP contribution in [0.5, 0.6) is 11.5 Å². The molecule has 8 nitrogen and oxygen atoms in total. The van der Waals surface area contributed by atoms with E-state index < -0.39 is 0 Å². The number of hydrogen-bond acceptors (Lipinski definition) is 6. The Morgan fingerprint density at radius 1 is 0.851 bits per heavy atom. The first-order chi connectivity index (χ1) is 23.0. The van der Waals surface area contributed by atoms with E-state index in [1.54, 1.807) is 14.2 Å². The SMILES string of the molecule is COc1cccc(OC)c1C(=O)N1CCC(CCCCNC(=O)C2NC3CCN(C4CCCCCC4)CC3C23CCCCCC3)CC1. The summed E-state index contributed by atoms with van der Waals surface area (Å²) in [4.78, 5) is 32.1. The van der Waals surface area contributed by atoms with E-state index in [1.165, 1.54) is 96.6 Å². The van der Waals surface area contributed by atoms with E-state index in [2.05, 4.69) is 15.5 Å². The van der Waals surface area contributed by atoms with E-state index in [0.717, 1.165) is 57.8 Å². The Morgan fingerprint density at radius 3 is 2.17 bits per heavy atom. The van der Waals surface area contributed by atoms with Crippen LogP contribution in [0.4, 0.5) is 0 Å². The Hall–Kier alpha value is -2.32. The number of benzene rings is 1. The average Bonchev–Trinajstić information content (AvgIpc) is 3.34. The first-order valence-electron chi connectivity index (χ1n) is 19.3. The maximum absolute atomic E-state index is 13.9. The summed E-state index contributed by atoms with van der Waals surface area (Å²) in [7, 11) is 3.19. The van der Waals surface area contributed by atoms with Crippen LogP contribution in [0.3, 0.4) is 0 Å². The van der Waals surface area contributed by atoms with Crippen LogP contribution < -0.4 is 20.1 Å². The highest BCUT2D eigenvalue weighted by Gasteiger charge is 2.58. The molecule has 6 rings (SSSR count). The predicted octanol–water partition coefficient (Wildman–Crippen LogP) is 6.57. The van der Waals surface area contributed by atoms with Gasteiger partial charge in [-0.3, -0.25) is 14.5 Å². The maximum Gasteiger partial charge on any atom is 0.261 e. The molecule has 3 saturated heterocycles. The summed E-state index contributed by atoms with van der Waals surface area (Å²) in [5.74, 6) is 2.61. The normalized spacial score (nSPS) is 27.5. The highest BCUT2D eigenvalue weighted by atomic mass is 16.5. The van der Waals surface area contributed by atoms with Gasteiger partial charge in [-0.15, -0.1) is 0 Å². The predicted molar refractivity (Wildman–Crippen MR) is 187 cm³/mol. The first-order valence-corrected chi connectivity index (χ1v) is 19.3. The minimum atomic E-state index is -0.0339. The third-order valence-corrected chi connectivity index (χ3v) is 12.9. The number of amides is 2. The highest BCUT2D eigenvalue weighted by molar-refractivity contribution is 5.99. The zero-order valence-corrected chi connectivity index (χ0v) is 29.4. The first kappa shape index (κ1) is 34.5. The number of piperidine rings is 2. The minimum absolute atomic E-state index is 0.00980. The zero-order chi connectivity index (χ0) is 32.6. The van der Waals surface area contributed by atoms with Crippen molar-refractivity contribution < 1.29 is 19.1 Å². The molecule has 2 saturated carbocycles. The third-order valence-electron chi connectivity index (χ3n) is 12.9. The van der Waals surface area contributed by atoms with Gasteiger partial charge in [0.05, 0.1) is 20.3 Å². The molecule has 3 unspecified atom stereocenters. The van der Waals surface area contributed by atoms with Gasteiger partial charge < -0.3 is 25.0 Å². The molecule has 5 fully saturated rings. The number of fused-ring (bicyclic) bond motifs is 2. The Kier molecular flexibility index (Phi) is 12.0. The van der Waals surface area contributed by atoms with Crippen molar-refractivity contribution >= 4 is 11.8 Å². The third kappa shape index (κ3) is 7.79. The standard InChI is InChI=1S/C39H62N4O4/c1-46-33-17-13-18-34(47-2)35(33)38(45)42-25-19-29(20-26-42)14-9-12-24-40-37(44)36-39(22-10-5-6-11-23-39)31-28-43(27-21-32(31)41-36)30-15-7-3-4-8-16-30/h13,17-18,29-32,36,41H,3-12,14-16,19-28H2,1-2H3,(H,40,44). The lowest BCUT2D eigenvalue weighted by molar-refractivity contribution is -0.126. The topological polar surface area (TPSA) is 83.1 Å². The number of unbranched alkanes of at least 4 members (excludes halogenated alkanes) is 1. The molecule has 3 atom stereocenters. The van der Waals surface area contributed by atoms with Crippen molar-refractivity contribution in [2.45, 2.75) is 134 Å². The number of nitrogens with one attached hydrogen (secondary N) is 2. The van der Waals surface area contributed by atoms with E-state index in [1.807, 2.05) is 23.1 Å². The smallest absolute Gasteiger partial charge is 0.261 e. The van der Waals surface area contributed by atoms with Crippen LogP contribution in [0.2, 0.25) is 0 Å². The van der Waals surface area contributed by atoms with Crippen molar-refractivity contribution in [3.05, 3.63) is 23.8 Å². The number of carbonyl (C=O) groups excluding carboxylic acids is 2. The van der Waals surface area contributed by atoms with Crippen LogP contribution in [-0.4, -0.2) is 86.7 Å². The van der Waals surface area contributed by atoms with Gasteiger partial charge >= 0.3 is 0 Å². The van der Waals surface area contributed by atoms with Crippen molar-refractivity contribution in [3.8, 4) is 11.5 Å². The van der Waals surface area contributed by atoms with Crippen molar-refractivity contribution in [3.63, 3.8) is 0 Å². The Labute approximate surface area is 284 Å². The van der Waals surface area contributed by atoms with Crippen LogP contribution in [-0.2, 0) is 4.79 Å². The minimum Gasteiger partial charge on any atom is -0.496 e. The Bertz CT molecular complexity index is 1150. The number of hydrogen-bond donors (Lipinski definition) is 2. The van der Waals surface area contributed by atoms with Crippen molar-refractivity contribution in [2.75, 3.05) is 46.9 Å². The second-order valence-corrected chi connectivity index (χ2v) is 15.4. The van der Waals surface area contributed by atoms with Crippen molar-refractivity contribution in [1.82, 2.24) is 20.4 Å². The van der Waals surface area contributed by atoms with Gasteiger partial charge in [-0.05, 0) is 81.9 Å². The quantitative estimate of drug-likeness (QED) is 0.220. The molecule has 1 aromatic rings. The summed E-state index contributed by atoms with van der Waals surface area (Å²) in [6.45, 7) is 4.68. The number of carbonyl (C=O) groups is 2. The molecule has 3 heterocycles. The largest absolute Gasteiger partial charge is 0.496 e. The van der Waals surface area contributed by atoms with Crippen LogP contribution >= 0.6 is 0 Å². The fourth-order valence-electron chi connectivity index (χ4n) is 10.2. The molecule has 0 bridgehead atoms. The van der Waals surface area contributed by atoms with Gasteiger partial charge in [0.2, 0.25) is 5.91 Å². The van der Waals surface area contributed by atoms with Gasteiger partial charge in [-0.25, -0.2) is 0 Å². The summed E-state index contributed by atoms with van der Waals surface area (Å²) in [6.07, 6.45) is 22.5. The summed E-state index contributed by atoms with van der Waals surface area (Å²) in [5, 5.41) is 7.38. The van der Waals surface area contributed by atoms with Gasteiger partial charge in [-0.2, -0.15) is 0 Å². The van der Waals surface area contributed by atoms with Crippen LogP contribution in [0.1, 0.15) is 126 Å². The molecule has 8 heteroatoms. The monoisotopic (exact) mass is 650 g/mol. The number of rotatable bonds is 10. The Balaban J connectivity index is 0.967. The molecule has 47 heavy (non-hydrogen) atoms. The van der Waals surface area contributed by atoms with Gasteiger partial charge in [0.1, 0.15) is 17.1 Å². The molecule has 0 radical (unpaired) electrons. The molecule has 0 aromatic heterocycles. The molecule has 2 amide bonds. The van der Waals surface area contributed by atoms with E-state index in [4.69, 9.17) is 9.47 Å². The fourth-order valence-corrected chi connectivity index (χ4v) is 10.2. The molecule has 5 aliphatic rings. The van der Waals surface area contributed by atoms with Gasteiger partial charge in [0.15, 0.2) is 0 Å². The number of methoxy groups -OCH3 is 2. The zero-order valence-electron chi connectivity index (χ0n) is 29.4. The average molecular weight is 651 g/mol. The van der Waals surface area contributed by atoms with Crippen molar-refractivity contribution in [1.29, 1.82) is 0 Å². The maximum atomic E-state index is 13.9. The molecule has 3 aliphatic heterocycles. The van der Waals surface area contributed by atoms with E-state index >= 15 is 0 Å². The van der Waals surface area contributed by atoms with E-state index in [-0.39, 0.29) is 23.3 Å². The van der Waals surface area contributed by atoms with Crippen LogP contribution in [0.15, 0.2) is 18.2 Å². The number of nitrogens with zero attached hydrogens (tertiary/aromatic N) is 2.